The van der Waals surface area contributed by atoms with Gasteiger partial charge in [0.15, 0.2) is 11.5 Å². The second-order valence-corrected chi connectivity index (χ2v) is 9.05. The van der Waals surface area contributed by atoms with Crippen LogP contribution >= 0.6 is 11.8 Å². The number of amides is 2. The molecule has 3 unspecified atom stereocenters. The van der Waals surface area contributed by atoms with Crippen LogP contribution < -0.4 is 14.8 Å². The van der Waals surface area contributed by atoms with Crippen molar-refractivity contribution in [2.24, 2.45) is 5.92 Å². The van der Waals surface area contributed by atoms with Crippen molar-refractivity contribution in [1.82, 2.24) is 10.2 Å². The highest BCUT2D eigenvalue weighted by atomic mass is 32.2. The van der Waals surface area contributed by atoms with E-state index in [0.717, 1.165) is 5.56 Å². The van der Waals surface area contributed by atoms with Gasteiger partial charge < -0.3 is 19.7 Å². The Labute approximate surface area is 188 Å². The molecule has 3 rings (SSSR count). The van der Waals surface area contributed by atoms with Crippen LogP contribution in [0, 0.1) is 5.92 Å². The molecule has 6 nitrogen and oxygen atoms in total. The van der Waals surface area contributed by atoms with Crippen molar-refractivity contribution >= 4 is 23.6 Å². The molecule has 0 aliphatic carbocycles. The van der Waals surface area contributed by atoms with Gasteiger partial charge in [-0.1, -0.05) is 44.2 Å². The lowest BCUT2D eigenvalue weighted by Crippen LogP contribution is -2.50. The van der Waals surface area contributed by atoms with Crippen LogP contribution in [0.15, 0.2) is 48.5 Å². The molecule has 0 spiro atoms. The van der Waals surface area contributed by atoms with Gasteiger partial charge >= 0.3 is 0 Å². The zero-order chi connectivity index (χ0) is 22.5. The van der Waals surface area contributed by atoms with Crippen LogP contribution in [0.2, 0.25) is 0 Å². The van der Waals surface area contributed by atoms with E-state index in [1.807, 2.05) is 37.3 Å². The quantitative estimate of drug-likeness (QED) is 0.699. The second kappa shape index (κ2) is 10.1. The zero-order valence-corrected chi connectivity index (χ0v) is 19.4. The van der Waals surface area contributed by atoms with Gasteiger partial charge in [0.25, 0.3) is 5.91 Å². The van der Waals surface area contributed by atoms with E-state index in [0.29, 0.717) is 28.7 Å². The van der Waals surface area contributed by atoms with Crippen LogP contribution in [0.1, 0.15) is 42.1 Å². The van der Waals surface area contributed by atoms with Crippen LogP contribution in [0.25, 0.3) is 0 Å². The summed E-state index contributed by atoms with van der Waals surface area (Å²) in [5, 5.41) is 2.84. The van der Waals surface area contributed by atoms with Crippen molar-refractivity contribution in [3.8, 4) is 11.5 Å². The average molecular weight is 443 g/mol. The second-order valence-electron chi connectivity index (χ2n) is 7.94. The summed E-state index contributed by atoms with van der Waals surface area (Å²) >= 11 is 1.60. The Morgan fingerprint density at radius 3 is 2.32 bits per heavy atom. The predicted molar refractivity (Wildman–Crippen MR) is 124 cm³/mol. The highest BCUT2D eigenvalue weighted by molar-refractivity contribution is 7.99. The van der Waals surface area contributed by atoms with Crippen molar-refractivity contribution in [2.45, 2.75) is 38.2 Å². The summed E-state index contributed by atoms with van der Waals surface area (Å²) < 4.78 is 10.7. The molecule has 1 N–H and O–H groups in total. The molecule has 2 aromatic carbocycles. The molecule has 0 radical (unpaired) electrons. The van der Waals surface area contributed by atoms with E-state index >= 15 is 0 Å². The molecule has 166 valence electrons. The monoisotopic (exact) mass is 442 g/mol. The van der Waals surface area contributed by atoms with E-state index in [1.165, 1.54) is 7.11 Å². The first-order chi connectivity index (χ1) is 14.9. The van der Waals surface area contributed by atoms with Crippen molar-refractivity contribution in [2.75, 3.05) is 20.0 Å². The molecular weight excluding hydrogens is 412 g/mol. The Morgan fingerprint density at radius 1 is 1.03 bits per heavy atom. The van der Waals surface area contributed by atoms with Gasteiger partial charge in [-0.3, -0.25) is 9.59 Å². The lowest BCUT2D eigenvalue weighted by atomic mass is 10.1. The Bertz CT molecular complexity index is 919. The third-order valence-corrected chi connectivity index (χ3v) is 6.95. The minimum absolute atomic E-state index is 0.0197. The number of thioether (sulfide) groups is 1. The lowest BCUT2D eigenvalue weighted by Gasteiger charge is -2.30. The van der Waals surface area contributed by atoms with E-state index in [1.54, 1.807) is 42.0 Å². The molecule has 1 aliphatic rings. The maximum Gasteiger partial charge on any atom is 0.255 e. The summed E-state index contributed by atoms with van der Waals surface area (Å²) in [5.74, 6) is 1.53. The minimum Gasteiger partial charge on any atom is -0.493 e. The van der Waals surface area contributed by atoms with Crippen molar-refractivity contribution < 1.29 is 19.1 Å². The predicted octanol–water partition coefficient (Wildman–Crippen LogP) is 4.12. The largest absolute Gasteiger partial charge is 0.493 e. The fraction of sp³-hybridized carbons (Fsp3) is 0.417. The van der Waals surface area contributed by atoms with Crippen molar-refractivity contribution in [3.05, 3.63) is 59.7 Å². The van der Waals surface area contributed by atoms with E-state index in [9.17, 15) is 9.59 Å². The molecule has 2 amide bonds. The minimum atomic E-state index is -0.558. The highest BCUT2D eigenvalue weighted by Crippen LogP contribution is 2.42. The Hall–Kier alpha value is -2.67. The van der Waals surface area contributed by atoms with Gasteiger partial charge in [-0.2, -0.15) is 0 Å². The molecule has 1 aliphatic heterocycles. The number of carbonyl (C=O) groups excluding carboxylic acids is 2. The molecule has 1 saturated heterocycles. The Balaban J connectivity index is 1.96. The summed E-state index contributed by atoms with van der Waals surface area (Å²) in [6.07, 6.45) is 0. The molecule has 1 heterocycles. The number of ether oxygens (including phenoxy) is 2. The number of methoxy groups -OCH3 is 2. The molecule has 0 saturated carbocycles. The topological polar surface area (TPSA) is 67.9 Å². The average Bonchev–Trinajstić information content (AvgIpc) is 3.23. The smallest absolute Gasteiger partial charge is 0.255 e. The third kappa shape index (κ3) is 4.98. The standard InChI is InChI=1S/C24H30N2O4S/c1-15(2)16(3)25-22(27)19-14-31-24(17-9-7-6-8-10-17)26(19)23(28)18-11-12-20(29-4)21(13-18)30-5/h6-13,15-16,19,24H,14H2,1-5H3,(H,25,27). The molecule has 31 heavy (non-hydrogen) atoms. The summed E-state index contributed by atoms with van der Waals surface area (Å²) in [6, 6.07) is 14.4. The summed E-state index contributed by atoms with van der Waals surface area (Å²) in [5.41, 5.74) is 1.45. The third-order valence-electron chi connectivity index (χ3n) is 5.62. The number of nitrogens with zero attached hydrogens (tertiary/aromatic N) is 1. The first-order valence-corrected chi connectivity index (χ1v) is 11.4. The van der Waals surface area contributed by atoms with E-state index in [4.69, 9.17) is 9.47 Å². The molecule has 7 heteroatoms. The van der Waals surface area contributed by atoms with E-state index in [-0.39, 0.29) is 23.2 Å². The SMILES string of the molecule is COc1ccc(C(=O)N2C(C(=O)NC(C)C(C)C)CSC2c2ccccc2)cc1OC. The van der Waals surface area contributed by atoms with E-state index in [2.05, 4.69) is 19.2 Å². The van der Waals surface area contributed by atoms with Gasteiger partial charge in [0.1, 0.15) is 11.4 Å². The van der Waals surface area contributed by atoms with Gasteiger partial charge in [-0.15, -0.1) is 11.8 Å². The maximum atomic E-state index is 13.7. The van der Waals surface area contributed by atoms with Crippen molar-refractivity contribution in [1.29, 1.82) is 0 Å². The summed E-state index contributed by atoms with van der Waals surface area (Å²) in [6.45, 7) is 6.11. The Kier molecular flexibility index (Phi) is 7.49. The van der Waals surface area contributed by atoms with Crippen LogP contribution in [-0.4, -0.2) is 48.8 Å². The Morgan fingerprint density at radius 2 is 1.71 bits per heavy atom. The highest BCUT2D eigenvalue weighted by Gasteiger charge is 2.43. The molecule has 1 fully saturated rings. The van der Waals surface area contributed by atoms with E-state index < -0.39 is 6.04 Å². The normalized spacial score (nSPS) is 19.2. The molecule has 2 aromatic rings. The molecular formula is C24H30N2O4S. The number of benzene rings is 2. The van der Waals surface area contributed by atoms with Gasteiger partial charge in [-0.05, 0) is 36.6 Å². The number of nitrogens with one attached hydrogen (secondary N) is 1. The van der Waals surface area contributed by atoms with Crippen LogP contribution in [0.5, 0.6) is 11.5 Å². The van der Waals surface area contributed by atoms with Crippen LogP contribution in [-0.2, 0) is 4.79 Å². The van der Waals surface area contributed by atoms with Gasteiger partial charge in [-0.25, -0.2) is 0 Å². The number of rotatable bonds is 7. The fourth-order valence-corrected chi connectivity index (χ4v) is 4.87. The van der Waals surface area contributed by atoms with Crippen LogP contribution in [0.3, 0.4) is 0 Å². The maximum absolute atomic E-state index is 13.7. The molecule has 0 aromatic heterocycles. The van der Waals surface area contributed by atoms with Gasteiger partial charge in [0, 0.05) is 17.4 Å². The number of hydrogen-bond acceptors (Lipinski definition) is 5. The van der Waals surface area contributed by atoms with Crippen LogP contribution in [0.4, 0.5) is 0 Å². The lowest BCUT2D eigenvalue weighted by molar-refractivity contribution is -0.125. The summed E-state index contributed by atoms with van der Waals surface area (Å²) in [7, 11) is 3.09. The summed E-state index contributed by atoms with van der Waals surface area (Å²) in [4.78, 5) is 28.5. The number of hydrogen-bond donors (Lipinski definition) is 1. The molecule has 3 atom stereocenters. The zero-order valence-electron chi connectivity index (χ0n) is 18.6. The first-order valence-electron chi connectivity index (χ1n) is 10.4. The van der Waals surface area contributed by atoms with Gasteiger partial charge in [0.05, 0.1) is 14.2 Å². The fourth-order valence-electron chi connectivity index (χ4n) is 3.44. The first kappa shape index (κ1) is 23.0. The van der Waals surface area contributed by atoms with Gasteiger partial charge in [0.2, 0.25) is 5.91 Å². The number of carbonyl (C=O) groups is 2. The van der Waals surface area contributed by atoms with Crippen molar-refractivity contribution in [3.63, 3.8) is 0 Å². The molecule has 0 bridgehead atoms.